The molecule has 0 atom stereocenters. The van der Waals surface area contributed by atoms with Gasteiger partial charge in [-0.2, -0.15) is 0 Å². The molecule has 188 valence electrons. The van der Waals surface area contributed by atoms with Crippen molar-refractivity contribution in [3.05, 3.63) is 78.4 Å². The highest BCUT2D eigenvalue weighted by atomic mass is 16.6. The van der Waals surface area contributed by atoms with Crippen LogP contribution in [0.1, 0.15) is 45.9 Å². The summed E-state index contributed by atoms with van der Waals surface area (Å²) < 4.78 is 7.39. The maximum Gasteiger partial charge on any atom is 0.407 e. The van der Waals surface area contributed by atoms with Crippen LogP contribution in [-0.2, 0) is 17.8 Å². The molecule has 7 nitrogen and oxygen atoms in total. The summed E-state index contributed by atoms with van der Waals surface area (Å²) in [5.41, 5.74) is 6.77. The first-order valence-electron chi connectivity index (χ1n) is 12.5. The first kappa shape index (κ1) is 25.4. The number of aromatic nitrogens is 3. The number of amides is 1. The number of rotatable bonds is 8. The number of carbonyl (C=O) groups excluding carboxylic acids is 1. The Hall–Kier alpha value is -3.71. The average Bonchev–Trinajstić information content (AvgIpc) is 3.29. The van der Waals surface area contributed by atoms with E-state index in [2.05, 4.69) is 62.8 Å². The van der Waals surface area contributed by atoms with Gasteiger partial charge in [-0.1, -0.05) is 38.1 Å². The number of alkyl carbamates (subject to hydrolysis) is 1. The van der Waals surface area contributed by atoms with Crippen molar-refractivity contribution in [3.63, 3.8) is 0 Å². The molecule has 0 aliphatic rings. The molecule has 36 heavy (non-hydrogen) atoms. The second kappa shape index (κ2) is 10.9. The Bertz CT molecular complexity index is 1320. The Morgan fingerprint density at radius 3 is 2.39 bits per heavy atom. The summed E-state index contributed by atoms with van der Waals surface area (Å²) in [5, 5.41) is 2.80. The SMILES string of the molecule is CCN(CC)Cc1cc(-c2ccn3c(-c4ccc(CNC(=O)OC(C)(C)C)cc4)cnc3c2)ccn1. The van der Waals surface area contributed by atoms with Gasteiger partial charge in [-0.05, 0) is 74.8 Å². The van der Waals surface area contributed by atoms with Crippen molar-refractivity contribution in [2.45, 2.75) is 53.3 Å². The van der Waals surface area contributed by atoms with E-state index in [0.29, 0.717) is 6.54 Å². The van der Waals surface area contributed by atoms with Crippen molar-refractivity contribution in [3.8, 4) is 22.4 Å². The molecule has 0 aliphatic carbocycles. The summed E-state index contributed by atoms with van der Waals surface area (Å²) in [6.07, 6.45) is 5.42. The maximum absolute atomic E-state index is 11.9. The summed E-state index contributed by atoms with van der Waals surface area (Å²) >= 11 is 0. The number of benzene rings is 1. The predicted molar refractivity (Wildman–Crippen MR) is 144 cm³/mol. The fourth-order valence-electron chi connectivity index (χ4n) is 4.08. The van der Waals surface area contributed by atoms with Crippen molar-refractivity contribution in [1.29, 1.82) is 0 Å². The van der Waals surface area contributed by atoms with Gasteiger partial charge in [0.25, 0.3) is 0 Å². The second-order valence-corrected chi connectivity index (χ2v) is 9.84. The third kappa shape index (κ3) is 6.29. The smallest absolute Gasteiger partial charge is 0.407 e. The maximum atomic E-state index is 11.9. The molecule has 0 unspecified atom stereocenters. The second-order valence-electron chi connectivity index (χ2n) is 9.84. The van der Waals surface area contributed by atoms with Gasteiger partial charge in [-0.25, -0.2) is 9.78 Å². The van der Waals surface area contributed by atoms with Crippen LogP contribution in [0.15, 0.2) is 67.1 Å². The fraction of sp³-hybridized carbons (Fsp3) is 0.345. The number of carbonyl (C=O) groups is 1. The van der Waals surface area contributed by atoms with Gasteiger partial charge in [0.05, 0.1) is 17.6 Å². The molecule has 0 fully saturated rings. The first-order valence-corrected chi connectivity index (χ1v) is 12.5. The van der Waals surface area contributed by atoms with E-state index in [4.69, 9.17) is 4.74 Å². The minimum absolute atomic E-state index is 0.411. The fourth-order valence-corrected chi connectivity index (χ4v) is 4.08. The number of hydrogen-bond acceptors (Lipinski definition) is 5. The molecule has 4 aromatic rings. The van der Waals surface area contributed by atoms with Crippen LogP contribution in [0.5, 0.6) is 0 Å². The Morgan fingerprint density at radius 1 is 0.972 bits per heavy atom. The van der Waals surface area contributed by atoms with E-state index >= 15 is 0 Å². The van der Waals surface area contributed by atoms with E-state index in [9.17, 15) is 4.79 Å². The molecule has 0 radical (unpaired) electrons. The third-order valence-electron chi connectivity index (χ3n) is 6.03. The van der Waals surface area contributed by atoms with Crippen molar-refractivity contribution < 1.29 is 9.53 Å². The lowest BCUT2D eigenvalue weighted by Gasteiger charge is -2.19. The standard InChI is InChI=1S/C29H35N5O2/c1-6-33(7-2)20-25-16-23(12-14-30-25)24-13-15-34-26(19-31-27(34)17-24)22-10-8-21(9-11-22)18-32-28(35)36-29(3,4)5/h8-17,19H,6-7,18,20H2,1-5H3,(H,32,35). The molecule has 3 aromatic heterocycles. The normalized spacial score (nSPS) is 11.7. The zero-order valence-electron chi connectivity index (χ0n) is 21.8. The van der Waals surface area contributed by atoms with E-state index in [-0.39, 0.29) is 0 Å². The van der Waals surface area contributed by atoms with Crippen LogP contribution in [0.25, 0.3) is 28.0 Å². The molecule has 1 aromatic carbocycles. The highest BCUT2D eigenvalue weighted by molar-refractivity contribution is 5.71. The highest BCUT2D eigenvalue weighted by Gasteiger charge is 2.16. The summed E-state index contributed by atoms with van der Waals surface area (Å²) in [5.74, 6) is 0. The van der Waals surface area contributed by atoms with Crippen LogP contribution >= 0.6 is 0 Å². The van der Waals surface area contributed by atoms with Crippen molar-refractivity contribution in [2.24, 2.45) is 0 Å². The number of hydrogen-bond donors (Lipinski definition) is 1. The van der Waals surface area contributed by atoms with Crippen LogP contribution in [0.3, 0.4) is 0 Å². The van der Waals surface area contributed by atoms with E-state index in [1.54, 1.807) is 0 Å². The average molecular weight is 486 g/mol. The molecule has 0 bridgehead atoms. The minimum Gasteiger partial charge on any atom is -0.444 e. The molecule has 1 N–H and O–H groups in total. The topological polar surface area (TPSA) is 71.8 Å². The van der Waals surface area contributed by atoms with Crippen LogP contribution in [0, 0.1) is 0 Å². The quantitative estimate of drug-likeness (QED) is 0.335. The largest absolute Gasteiger partial charge is 0.444 e. The number of pyridine rings is 2. The summed E-state index contributed by atoms with van der Waals surface area (Å²) in [4.78, 5) is 23.5. The zero-order chi connectivity index (χ0) is 25.7. The summed E-state index contributed by atoms with van der Waals surface area (Å²) in [6, 6.07) is 16.6. The van der Waals surface area contributed by atoms with Crippen molar-refractivity contribution in [2.75, 3.05) is 13.1 Å². The van der Waals surface area contributed by atoms with Crippen LogP contribution in [0.2, 0.25) is 0 Å². The van der Waals surface area contributed by atoms with Crippen molar-refractivity contribution >= 4 is 11.7 Å². The van der Waals surface area contributed by atoms with E-state index < -0.39 is 11.7 Å². The van der Waals surface area contributed by atoms with Crippen LogP contribution in [0.4, 0.5) is 4.79 Å². The Morgan fingerprint density at radius 2 is 1.69 bits per heavy atom. The van der Waals surface area contributed by atoms with E-state index in [1.807, 2.05) is 63.5 Å². The van der Waals surface area contributed by atoms with Gasteiger partial charge in [0, 0.05) is 31.0 Å². The molecular formula is C29H35N5O2. The van der Waals surface area contributed by atoms with E-state index in [1.165, 1.54) is 0 Å². The van der Waals surface area contributed by atoms with Crippen LogP contribution in [-0.4, -0.2) is 44.1 Å². The summed E-state index contributed by atoms with van der Waals surface area (Å²) in [7, 11) is 0. The van der Waals surface area contributed by atoms with Gasteiger partial charge in [-0.15, -0.1) is 0 Å². The van der Waals surface area contributed by atoms with Crippen molar-refractivity contribution in [1.82, 2.24) is 24.6 Å². The summed E-state index contributed by atoms with van der Waals surface area (Å²) in [6.45, 7) is 13.2. The molecule has 0 saturated heterocycles. The van der Waals surface area contributed by atoms with Gasteiger partial charge < -0.3 is 10.1 Å². The lowest BCUT2D eigenvalue weighted by atomic mass is 10.1. The Kier molecular flexibility index (Phi) is 7.70. The molecule has 4 rings (SSSR count). The zero-order valence-corrected chi connectivity index (χ0v) is 21.8. The lowest BCUT2D eigenvalue weighted by Crippen LogP contribution is -2.32. The third-order valence-corrected chi connectivity index (χ3v) is 6.03. The highest BCUT2D eigenvalue weighted by Crippen LogP contribution is 2.26. The number of imidazole rings is 1. The van der Waals surface area contributed by atoms with E-state index in [0.717, 1.165) is 58.9 Å². The lowest BCUT2D eigenvalue weighted by molar-refractivity contribution is 0.0523. The number of ether oxygens (including phenoxy) is 1. The van der Waals surface area contributed by atoms with Gasteiger partial charge in [0.15, 0.2) is 0 Å². The van der Waals surface area contributed by atoms with Gasteiger partial charge in [0.1, 0.15) is 11.2 Å². The molecule has 1 amide bonds. The first-order chi connectivity index (χ1) is 17.3. The molecule has 7 heteroatoms. The van der Waals surface area contributed by atoms with Gasteiger partial charge in [-0.3, -0.25) is 14.3 Å². The molecular weight excluding hydrogens is 450 g/mol. The number of nitrogens with zero attached hydrogens (tertiary/aromatic N) is 4. The number of nitrogens with one attached hydrogen (secondary N) is 1. The number of fused-ring (bicyclic) bond motifs is 1. The minimum atomic E-state index is -0.512. The molecule has 3 heterocycles. The molecule has 0 spiro atoms. The van der Waals surface area contributed by atoms with Crippen LogP contribution < -0.4 is 5.32 Å². The Balaban J connectivity index is 1.49. The Labute approximate surface area is 213 Å². The monoisotopic (exact) mass is 485 g/mol. The van der Waals surface area contributed by atoms with Gasteiger partial charge in [0.2, 0.25) is 0 Å². The predicted octanol–water partition coefficient (Wildman–Crippen LogP) is 5.93. The molecule has 0 saturated carbocycles. The molecule has 0 aliphatic heterocycles. The van der Waals surface area contributed by atoms with Gasteiger partial charge >= 0.3 is 6.09 Å².